The molecule has 3 aliphatic heterocycles. The minimum Gasteiger partial charge on any atom is -0.504 e. The van der Waals surface area contributed by atoms with E-state index in [0.717, 1.165) is 6.42 Å². The molecule has 8 nitrogen and oxygen atoms in total. The van der Waals surface area contributed by atoms with Gasteiger partial charge in [-0.2, -0.15) is 0 Å². The molecule has 3 aliphatic rings. The van der Waals surface area contributed by atoms with Crippen LogP contribution in [0, 0.1) is 11.8 Å². The van der Waals surface area contributed by atoms with Crippen LogP contribution in [0.2, 0.25) is 0 Å². The van der Waals surface area contributed by atoms with E-state index in [0.29, 0.717) is 36.2 Å². The number of carbonyl (C=O) groups is 3. The van der Waals surface area contributed by atoms with Gasteiger partial charge in [0, 0.05) is 23.8 Å². The Labute approximate surface area is 185 Å². The van der Waals surface area contributed by atoms with Crippen molar-refractivity contribution in [1.82, 2.24) is 10.2 Å². The van der Waals surface area contributed by atoms with Crippen molar-refractivity contribution >= 4 is 23.4 Å². The highest BCUT2D eigenvalue weighted by Gasteiger charge is 2.70. The number of para-hydroxylation sites is 1. The number of unbranched alkanes of at least 4 members (excludes halogenated alkanes) is 1. The summed E-state index contributed by atoms with van der Waals surface area (Å²) in [7, 11) is 0. The largest absolute Gasteiger partial charge is 0.504 e. The average Bonchev–Trinajstić information content (AvgIpc) is 3.34. The molecule has 5 rings (SSSR count). The monoisotopic (exact) mass is 435 g/mol. The van der Waals surface area contributed by atoms with Crippen LogP contribution in [0.3, 0.4) is 0 Å². The van der Waals surface area contributed by atoms with E-state index >= 15 is 0 Å². The maximum atomic E-state index is 13.5. The Kier molecular flexibility index (Phi) is 4.70. The van der Waals surface area contributed by atoms with Gasteiger partial charge in [-0.3, -0.25) is 24.6 Å². The number of benzene rings is 2. The fourth-order valence-electron chi connectivity index (χ4n) is 5.48. The lowest BCUT2D eigenvalue weighted by Crippen LogP contribution is -2.53. The second kappa shape index (κ2) is 7.34. The highest BCUT2D eigenvalue weighted by Crippen LogP contribution is 2.53. The summed E-state index contributed by atoms with van der Waals surface area (Å²) in [5.74, 6) is -2.94. The van der Waals surface area contributed by atoms with Crippen LogP contribution in [0.4, 0.5) is 5.69 Å². The first-order valence-electron chi connectivity index (χ1n) is 10.9. The summed E-state index contributed by atoms with van der Waals surface area (Å²) in [5, 5.41) is 25.8. The average molecular weight is 435 g/mol. The van der Waals surface area contributed by atoms with Crippen LogP contribution in [-0.2, 0) is 26.3 Å². The number of phenolic OH excluding ortho intramolecular Hbond substituents is 2. The van der Waals surface area contributed by atoms with Crippen LogP contribution in [0.25, 0.3) is 0 Å². The van der Waals surface area contributed by atoms with Gasteiger partial charge in [-0.25, -0.2) is 0 Å². The molecule has 3 amide bonds. The number of nitrogens with one attached hydrogen (secondary N) is 2. The molecule has 0 aromatic heterocycles. The standard InChI is InChI=1S/C24H25N3O5/c1-2-3-10-27-21(30)19-16(11-13-8-9-17(28)18(29)12-13)26-24(20(19)22(27)31)14-6-4-5-7-15(14)25-23(24)32/h4-9,12,16,19-20,26,28-29H,2-3,10-11H2,1H3,(H,25,32). The van der Waals surface area contributed by atoms with E-state index in [1.54, 1.807) is 12.1 Å². The van der Waals surface area contributed by atoms with Crippen molar-refractivity contribution in [3.05, 3.63) is 53.6 Å². The van der Waals surface area contributed by atoms with Gasteiger partial charge in [0.15, 0.2) is 11.5 Å². The summed E-state index contributed by atoms with van der Waals surface area (Å²) in [6.07, 6.45) is 1.86. The molecule has 0 aliphatic carbocycles. The van der Waals surface area contributed by atoms with Gasteiger partial charge in [-0.15, -0.1) is 0 Å². The van der Waals surface area contributed by atoms with Gasteiger partial charge in [-0.05, 0) is 36.6 Å². The number of nitrogens with zero attached hydrogens (tertiary/aromatic N) is 1. The first-order chi connectivity index (χ1) is 15.4. The minimum absolute atomic E-state index is 0.232. The molecule has 2 aromatic carbocycles. The fourth-order valence-corrected chi connectivity index (χ4v) is 5.48. The topological polar surface area (TPSA) is 119 Å². The van der Waals surface area contributed by atoms with Crippen molar-refractivity contribution in [1.29, 1.82) is 0 Å². The van der Waals surface area contributed by atoms with Crippen molar-refractivity contribution in [2.75, 3.05) is 11.9 Å². The number of hydrogen-bond donors (Lipinski definition) is 4. The van der Waals surface area contributed by atoms with Crippen LogP contribution >= 0.6 is 0 Å². The van der Waals surface area contributed by atoms with E-state index in [-0.39, 0.29) is 29.2 Å². The molecule has 4 N–H and O–H groups in total. The second-order valence-corrected chi connectivity index (χ2v) is 8.77. The summed E-state index contributed by atoms with van der Waals surface area (Å²) in [6.45, 7) is 2.34. The van der Waals surface area contributed by atoms with E-state index in [1.165, 1.54) is 17.0 Å². The number of hydrogen-bond acceptors (Lipinski definition) is 6. The number of rotatable bonds is 5. The molecule has 166 valence electrons. The van der Waals surface area contributed by atoms with Gasteiger partial charge in [0.2, 0.25) is 17.7 Å². The summed E-state index contributed by atoms with van der Waals surface area (Å²) in [4.78, 5) is 41.6. The molecule has 1 spiro atoms. The molecule has 0 bridgehead atoms. The molecule has 4 unspecified atom stereocenters. The zero-order valence-electron chi connectivity index (χ0n) is 17.7. The van der Waals surface area contributed by atoms with E-state index in [2.05, 4.69) is 10.6 Å². The lowest BCUT2D eigenvalue weighted by molar-refractivity contribution is -0.142. The molecule has 8 heteroatoms. The smallest absolute Gasteiger partial charge is 0.250 e. The number of carbonyl (C=O) groups excluding carboxylic acids is 3. The van der Waals surface area contributed by atoms with Crippen LogP contribution in [-0.4, -0.2) is 45.4 Å². The Hall–Kier alpha value is -3.39. The zero-order chi connectivity index (χ0) is 22.6. The Morgan fingerprint density at radius 3 is 2.56 bits per heavy atom. The van der Waals surface area contributed by atoms with E-state index in [1.807, 2.05) is 25.1 Å². The van der Waals surface area contributed by atoms with Crippen LogP contribution in [0.15, 0.2) is 42.5 Å². The third-order valence-corrected chi connectivity index (χ3v) is 6.94. The maximum Gasteiger partial charge on any atom is 0.250 e. The molecule has 3 heterocycles. The number of aromatic hydroxyl groups is 2. The van der Waals surface area contributed by atoms with Crippen molar-refractivity contribution in [2.24, 2.45) is 11.8 Å². The molecular formula is C24H25N3O5. The Bertz CT molecular complexity index is 1130. The molecule has 2 saturated heterocycles. The fraction of sp³-hybridized carbons (Fsp3) is 0.375. The highest BCUT2D eigenvalue weighted by molar-refractivity contribution is 6.15. The summed E-state index contributed by atoms with van der Waals surface area (Å²) in [5.41, 5.74) is 0.680. The van der Waals surface area contributed by atoms with Gasteiger partial charge in [0.05, 0.1) is 11.8 Å². The summed E-state index contributed by atoms with van der Waals surface area (Å²) < 4.78 is 0. The Morgan fingerprint density at radius 1 is 1.03 bits per heavy atom. The number of amides is 3. The Balaban J connectivity index is 1.59. The predicted octanol–water partition coefficient (Wildman–Crippen LogP) is 1.86. The summed E-state index contributed by atoms with van der Waals surface area (Å²) >= 11 is 0. The van der Waals surface area contributed by atoms with Crippen molar-refractivity contribution in [3.63, 3.8) is 0 Å². The van der Waals surface area contributed by atoms with E-state index in [9.17, 15) is 24.6 Å². The van der Waals surface area contributed by atoms with E-state index in [4.69, 9.17) is 0 Å². The molecular weight excluding hydrogens is 410 g/mol. The van der Waals surface area contributed by atoms with Crippen molar-refractivity contribution in [2.45, 2.75) is 37.8 Å². The predicted molar refractivity (Wildman–Crippen MR) is 116 cm³/mol. The number of imide groups is 1. The van der Waals surface area contributed by atoms with Crippen LogP contribution in [0.5, 0.6) is 11.5 Å². The van der Waals surface area contributed by atoms with Crippen LogP contribution < -0.4 is 10.6 Å². The van der Waals surface area contributed by atoms with Crippen molar-refractivity contribution in [3.8, 4) is 11.5 Å². The first kappa shape index (κ1) is 20.5. The molecule has 0 saturated carbocycles. The van der Waals surface area contributed by atoms with Crippen LogP contribution in [0.1, 0.15) is 30.9 Å². The summed E-state index contributed by atoms with van der Waals surface area (Å²) in [6, 6.07) is 11.2. The lowest BCUT2D eigenvalue weighted by atomic mass is 9.76. The van der Waals surface area contributed by atoms with E-state index < -0.39 is 23.4 Å². The first-order valence-corrected chi connectivity index (χ1v) is 10.9. The SMILES string of the molecule is CCCCN1C(=O)C2C(Cc3ccc(O)c(O)c3)NC3(C(=O)Nc4ccccc43)C2C1=O. The molecule has 32 heavy (non-hydrogen) atoms. The zero-order valence-corrected chi connectivity index (χ0v) is 17.7. The lowest BCUT2D eigenvalue weighted by Gasteiger charge is -2.29. The van der Waals surface area contributed by atoms with Gasteiger partial charge in [0.1, 0.15) is 5.54 Å². The number of phenols is 2. The molecule has 0 radical (unpaired) electrons. The second-order valence-electron chi connectivity index (χ2n) is 8.77. The Morgan fingerprint density at radius 2 is 1.81 bits per heavy atom. The molecule has 2 aromatic rings. The third-order valence-electron chi connectivity index (χ3n) is 6.94. The number of anilines is 1. The highest BCUT2D eigenvalue weighted by atomic mass is 16.3. The quantitative estimate of drug-likeness (QED) is 0.421. The third kappa shape index (κ3) is 2.75. The molecule has 4 atom stereocenters. The number of fused-ring (bicyclic) bond motifs is 4. The van der Waals surface area contributed by atoms with Gasteiger partial charge < -0.3 is 15.5 Å². The number of likely N-dealkylation sites (tertiary alicyclic amines) is 1. The van der Waals surface area contributed by atoms with Gasteiger partial charge >= 0.3 is 0 Å². The molecule has 2 fully saturated rings. The minimum atomic E-state index is -1.32. The maximum absolute atomic E-state index is 13.5. The van der Waals surface area contributed by atoms with Crippen molar-refractivity contribution < 1.29 is 24.6 Å². The van der Waals surface area contributed by atoms with Gasteiger partial charge in [-0.1, -0.05) is 37.6 Å². The van der Waals surface area contributed by atoms with Gasteiger partial charge in [0.25, 0.3) is 0 Å². The normalized spacial score (nSPS) is 28.3.